The van der Waals surface area contributed by atoms with Crippen LogP contribution in [0.15, 0.2) is 48.8 Å². The number of carbonyl (C=O) groups is 1. The molecule has 0 atom stereocenters. The summed E-state index contributed by atoms with van der Waals surface area (Å²) in [6.07, 6.45) is 3.11. The third kappa shape index (κ3) is 3.45. The second-order valence-electron chi connectivity index (χ2n) is 5.29. The zero-order chi connectivity index (χ0) is 17.1. The average molecular weight is 328 g/mol. The van der Waals surface area contributed by atoms with Crippen LogP contribution in [0.5, 0.6) is 0 Å². The second-order valence-corrected chi connectivity index (χ2v) is 5.29. The Morgan fingerprint density at radius 1 is 1.12 bits per heavy atom. The van der Waals surface area contributed by atoms with E-state index in [1.165, 1.54) is 16.9 Å². The number of aryl methyl sites for hydroxylation is 1. The summed E-state index contributed by atoms with van der Waals surface area (Å²) in [4.78, 5) is 16.4. The summed E-state index contributed by atoms with van der Waals surface area (Å²) < 4.78 is 27.6. The second kappa shape index (κ2) is 6.57. The van der Waals surface area contributed by atoms with E-state index >= 15 is 0 Å². The molecule has 122 valence electrons. The minimum Gasteiger partial charge on any atom is -0.310 e. The van der Waals surface area contributed by atoms with Gasteiger partial charge in [-0.1, -0.05) is 6.07 Å². The number of anilines is 1. The van der Waals surface area contributed by atoms with Crippen LogP contribution in [0.2, 0.25) is 0 Å². The Hall–Kier alpha value is -3.09. The fourth-order valence-corrected chi connectivity index (χ4v) is 2.24. The van der Waals surface area contributed by atoms with Crippen LogP contribution in [0.4, 0.5) is 14.6 Å². The molecule has 0 saturated heterocycles. The normalized spacial score (nSPS) is 10.6. The van der Waals surface area contributed by atoms with E-state index in [0.717, 1.165) is 17.7 Å². The first-order valence-corrected chi connectivity index (χ1v) is 7.24. The highest BCUT2D eigenvalue weighted by Gasteiger charge is 2.11. The van der Waals surface area contributed by atoms with Gasteiger partial charge in [-0.3, -0.25) is 4.79 Å². The Morgan fingerprint density at radius 3 is 2.71 bits per heavy atom. The highest BCUT2D eigenvalue weighted by Crippen LogP contribution is 2.15. The first-order chi connectivity index (χ1) is 11.5. The molecule has 0 saturated carbocycles. The molecule has 7 heteroatoms. The van der Waals surface area contributed by atoms with E-state index in [4.69, 9.17) is 0 Å². The maximum absolute atomic E-state index is 13.2. The van der Waals surface area contributed by atoms with Gasteiger partial charge in [-0.15, -0.1) is 0 Å². The van der Waals surface area contributed by atoms with Gasteiger partial charge in [-0.25, -0.2) is 13.8 Å². The lowest BCUT2D eigenvalue weighted by molar-refractivity contribution is -0.115. The van der Waals surface area contributed by atoms with Crippen LogP contribution in [-0.2, 0) is 11.2 Å². The zero-order valence-electron chi connectivity index (χ0n) is 12.8. The summed E-state index contributed by atoms with van der Waals surface area (Å²) in [7, 11) is 0. The van der Waals surface area contributed by atoms with Crippen LogP contribution in [0.1, 0.15) is 11.1 Å². The first-order valence-electron chi connectivity index (χ1n) is 7.24. The standard InChI is InChI=1S/C17H14F2N4O/c1-11-4-6-20-16(8-11)23-15(5-7-21-23)22-17(24)10-12-2-3-13(18)14(19)9-12/h2-9H,10H2,1H3,(H,22,24). The average Bonchev–Trinajstić information content (AvgIpc) is 2.99. The van der Waals surface area contributed by atoms with Crippen molar-refractivity contribution in [1.29, 1.82) is 0 Å². The number of nitrogens with one attached hydrogen (secondary N) is 1. The van der Waals surface area contributed by atoms with E-state index in [1.807, 2.05) is 19.1 Å². The Labute approximate surface area is 137 Å². The van der Waals surface area contributed by atoms with Gasteiger partial charge in [0.1, 0.15) is 5.82 Å². The van der Waals surface area contributed by atoms with Crippen LogP contribution < -0.4 is 5.32 Å². The maximum Gasteiger partial charge on any atom is 0.229 e. The van der Waals surface area contributed by atoms with Gasteiger partial charge in [-0.05, 0) is 42.3 Å². The van der Waals surface area contributed by atoms with Crippen molar-refractivity contribution in [2.24, 2.45) is 0 Å². The lowest BCUT2D eigenvalue weighted by Gasteiger charge is -2.09. The fourth-order valence-electron chi connectivity index (χ4n) is 2.24. The van der Waals surface area contributed by atoms with Crippen molar-refractivity contribution in [2.75, 3.05) is 5.32 Å². The monoisotopic (exact) mass is 328 g/mol. The van der Waals surface area contributed by atoms with Gasteiger partial charge >= 0.3 is 0 Å². The molecule has 0 spiro atoms. The van der Waals surface area contributed by atoms with Gasteiger partial charge in [-0.2, -0.15) is 9.78 Å². The zero-order valence-corrected chi connectivity index (χ0v) is 12.8. The molecule has 1 amide bonds. The third-order valence-electron chi connectivity index (χ3n) is 3.38. The number of nitrogens with zero attached hydrogens (tertiary/aromatic N) is 3. The van der Waals surface area contributed by atoms with Crippen LogP contribution in [-0.4, -0.2) is 20.7 Å². The number of amides is 1. The van der Waals surface area contributed by atoms with E-state index in [2.05, 4.69) is 15.4 Å². The molecule has 3 aromatic rings. The number of benzene rings is 1. The number of carbonyl (C=O) groups excluding carboxylic acids is 1. The van der Waals surface area contributed by atoms with E-state index in [9.17, 15) is 13.6 Å². The summed E-state index contributed by atoms with van der Waals surface area (Å²) in [6, 6.07) is 8.70. The molecular weight excluding hydrogens is 314 g/mol. The van der Waals surface area contributed by atoms with Gasteiger partial charge in [0.15, 0.2) is 17.5 Å². The lowest BCUT2D eigenvalue weighted by Crippen LogP contribution is -2.17. The molecule has 0 unspecified atom stereocenters. The molecule has 0 aliphatic heterocycles. The molecule has 1 aromatic carbocycles. The lowest BCUT2D eigenvalue weighted by atomic mass is 10.1. The molecule has 1 N–H and O–H groups in total. The molecule has 3 rings (SSSR count). The van der Waals surface area contributed by atoms with Gasteiger partial charge in [0.05, 0.1) is 12.6 Å². The first kappa shape index (κ1) is 15.8. The number of rotatable bonds is 4. The van der Waals surface area contributed by atoms with Gasteiger partial charge in [0.25, 0.3) is 0 Å². The maximum atomic E-state index is 13.2. The molecule has 0 radical (unpaired) electrons. The van der Waals surface area contributed by atoms with Crippen molar-refractivity contribution in [3.63, 3.8) is 0 Å². The van der Waals surface area contributed by atoms with Crippen molar-refractivity contribution < 1.29 is 13.6 Å². The summed E-state index contributed by atoms with van der Waals surface area (Å²) in [5.74, 6) is -1.27. The van der Waals surface area contributed by atoms with Crippen LogP contribution >= 0.6 is 0 Å². The smallest absolute Gasteiger partial charge is 0.229 e. The van der Waals surface area contributed by atoms with Crippen LogP contribution in [0, 0.1) is 18.6 Å². The molecule has 0 aliphatic rings. The van der Waals surface area contributed by atoms with E-state index < -0.39 is 11.6 Å². The van der Waals surface area contributed by atoms with Crippen molar-refractivity contribution in [3.05, 3.63) is 71.6 Å². The van der Waals surface area contributed by atoms with Gasteiger partial charge in [0, 0.05) is 12.3 Å². The SMILES string of the molecule is Cc1ccnc(-n2nccc2NC(=O)Cc2ccc(F)c(F)c2)c1. The summed E-state index contributed by atoms with van der Waals surface area (Å²) in [5.41, 5.74) is 1.39. The minimum absolute atomic E-state index is 0.0797. The van der Waals surface area contributed by atoms with Crippen molar-refractivity contribution in [2.45, 2.75) is 13.3 Å². The summed E-state index contributed by atoms with van der Waals surface area (Å²) in [6.45, 7) is 1.93. The van der Waals surface area contributed by atoms with E-state index in [0.29, 0.717) is 17.2 Å². The van der Waals surface area contributed by atoms with Crippen molar-refractivity contribution in [3.8, 4) is 5.82 Å². The molecule has 24 heavy (non-hydrogen) atoms. The molecule has 5 nitrogen and oxygen atoms in total. The predicted molar refractivity (Wildman–Crippen MR) is 84.8 cm³/mol. The molecule has 2 aromatic heterocycles. The highest BCUT2D eigenvalue weighted by molar-refractivity contribution is 5.91. The molecule has 0 aliphatic carbocycles. The van der Waals surface area contributed by atoms with Gasteiger partial charge < -0.3 is 5.32 Å². The third-order valence-corrected chi connectivity index (χ3v) is 3.38. The Balaban J connectivity index is 1.76. The highest BCUT2D eigenvalue weighted by atomic mass is 19.2. The number of aromatic nitrogens is 3. The number of pyridine rings is 1. The van der Waals surface area contributed by atoms with E-state index in [-0.39, 0.29) is 12.3 Å². The number of hydrogen-bond donors (Lipinski definition) is 1. The minimum atomic E-state index is -0.977. The largest absolute Gasteiger partial charge is 0.310 e. The Bertz CT molecular complexity index is 892. The molecule has 2 heterocycles. The summed E-state index contributed by atoms with van der Waals surface area (Å²) in [5, 5.41) is 6.84. The van der Waals surface area contributed by atoms with Crippen LogP contribution in [0.3, 0.4) is 0 Å². The molecule has 0 bridgehead atoms. The van der Waals surface area contributed by atoms with Crippen LogP contribution in [0.25, 0.3) is 5.82 Å². The number of hydrogen-bond acceptors (Lipinski definition) is 3. The topological polar surface area (TPSA) is 59.8 Å². The predicted octanol–water partition coefficient (Wildman–Crippen LogP) is 3.04. The summed E-state index contributed by atoms with van der Waals surface area (Å²) >= 11 is 0. The quantitative estimate of drug-likeness (QED) is 0.801. The number of halogens is 2. The van der Waals surface area contributed by atoms with Gasteiger partial charge in [0.2, 0.25) is 5.91 Å². The molecule has 0 fully saturated rings. The fraction of sp³-hybridized carbons (Fsp3) is 0.118. The molecular formula is C17H14F2N4O. The van der Waals surface area contributed by atoms with Crippen molar-refractivity contribution in [1.82, 2.24) is 14.8 Å². The van der Waals surface area contributed by atoms with E-state index in [1.54, 1.807) is 12.3 Å². The van der Waals surface area contributed by atoms with Crippen molar-refractivity contribution >= 4 is 11.7 Å². The Kier molecular flexibility index (Phi) is 4.33. The Morgan fingerprint density at radius 2 is 1.96 bits per heavy atom.